The Kier molecular flexibility index (Phi) is 5.27. The van der Waals surface area contributed by atoms with Crippen LogP contribution in [0.25, 0.3) is 0 Å². The molecule has 0 unspecified atom stereocenters. The fraction of sp³-hybridized carbons (Fsp3) is 0.421. The van der Waals surface area contributed by atoms with Crippen LogP contribution in [0, 0.1) is 11.3 Å². The molecule has 2 aromatic rings. The van der Waals surface area contributed by atoms with Crippen molar-refractivity contribution in [2.75, 3.05) is 13.1 Å². The second-order valence-electron chi connectivity index (χ2n) is 6.16. The molecule has 124 valence electrons. The zero-order chi connectivity index (χ0) is 16.9. The van der Waals surface area contributed by atoms with Gasteiger partial charge in [-0.3, -0.25) is 4.79 Å². The summed E-state index contributed by atoms with van der Waals surface area (Å²) in [5.74, 6) is 0.405. The Hall–Kier alpha value is -2.19. The topological polar surface area (TPSA) is 57.0 Å². The number of benzene rings is 1. The molecule has 1 aliphatic heterocycles. The predicted molar refractivity (Wildman–Crippen MR) is 95.1 cm³/mol. The van der Waals surface area contributed by atoms with Gasteiger partial charge in [-0.25, -0.2) is 4.98 Å². The van der Waals surface area contributed by atoms with Crippen molar-refractivity contribution in [3.63, 3.8) is 0 Å². The first-order chi connectivity index (χ1) is 11.7. The van der Waals surface area contributed by atoms with Crippen LogP contribution in [0.3, 0.4) is 0 Å². The Bertz CT molecular complexity index is 762. The van der Waals surface area contributed by atoms with Crippen molar-refractivity contribution in [3.05, 3.63) is 51.5 Å². The van der Waals surface area contributed by atoms with E-state index < -0.39 is 0 Å². The number of hydrogen-bond donors (Lipinski definition) is 0. The van der Waals surface area contributed by atoms with Crippen LogP contribution in [0.2, 0.25) is 0 Å². The summed E-state index contributed by atoms with van der Waals surface area (Å²) in [6, 6.07) is 9.56. The van der Waals surface area contributed by atoms with E-state index in [-0.39, 0.29) is 5.91 Å². The Labute approximate surface area is 146 Å². The molecule has 0 radical (unpaired) electrons. The normalized spacial score (nSPS) is 17.5. The molecule has 1 aliphatic rings. The number of thiazole rings is 1. The zero-order valence-corrected chi connectivity index (χ0v) is 14.7. The lowest BCUT2D eigenvalue weighted by molar-refractivity contribution is 0.0707. The third kappa shape index (κ3) is 3.65. The number of rotatable bonds is 4. The van der Waals surface area contributed by atoms with Gasteiger partial charge in [0.15, 0.2) is 0 Å². The van der Waals surface area contributed by atoms with Crippen LogP contribution in [-0.4, -0.2) is 28.9 Å². The summed E-state index contributed by atoms with van der Waals surface area (Å²) in [7, 11) is 0. The summed E-state index contributed by atoms with van der Waals surface area (Å²) in [5, 5.41) is 12.1. The number of aromatic nitrogens is 1. The minimum atomic E-state index is 0.0618. The number of likely N-dealkylation sites (tertiary alicyclic amines) is 1. The van der Waals surface area contributed by atoms with E-state index in [0.29, 0.717) is 17.9 Å². The molecule has 0 bridgehead atoms. The number of hydrogen-bond acceptors (Lipinski definition) is 4. The van der Waals surface area contributed by atoms with E-state index in [2.05, 4.69) is 18.4 Å². The highest BCUT2D eigenvalue weighted by molar-refractivity contribution is 7.09. The average Bonchev–Trinajstić information content (AvgIpc) is 3.11. The molecule has 2 heterocycles. The van der Waals surface area contributed by atoms with Gasteiger partial charge in [0, 0.05) is 30.0 Å². The van der Waals surface area contributed by atoms with E-state index in [1.165, 1.54) is 0 Å². The van der Waals surface area contributed by atoms with Crippen LogP contribution in [0.4, 0.5) is 0 Å². The molecule has 1 aromatic carbocycles. The zero-order valence-electron chi connectivity index (χ0n) is 13.9. The minimum absolute atomic E-state index is 0.0618. The molecule has 5 heteroatoms. The van der Waals surface area contributed by atoms with Crippen molar-refractivity contribution in [2.45, 2.75) is 38.5 Å². The molecule has 0 aliphatic carbocycles. The number of aryl methyl sites for hydroxylation is 1. The molecule has 0 spiro atoms. The Morgan fingerprint density at radius 1 is 1.50 bits per heavy atom. The van der Waals surface area contributed by atoms with Crippen molar-refractivity contribution >= 4 is 17.2 Å². The quantitative estimate of drug-likeness (QED) is 0.851. The van der Waals surface area contributed by atoms with Crippen LogP contribution in [0.5, 0.6) is 0 Å². The molecule has 1 aromatic heterocycles. The fourth-order valence-corrected chi connectivity index (χ4v) is 4.15. The monoisotopic (exact) mass is 339 g/mol. The standard InChI is InChI=1S/C19H21N3OS/c1-2-17-13-24-18(21-17)16-7-4-10-22(12-16)19(23)15-6-3-5-14(11-15)8-9-20/h3,5-6,11,13,16H,2,4,7-8,10,12H2,1H3/t16-/m0/s1. The number of carbonyl (C=O) groups excluding carboxylic acids is 1. The van der Waals surface area contributed by atoms with Crippen LogP contribution in [-0.2, 0) is 12.8 Å². The summed E-state index contributed by atoms with van der Waals surface area (Å²) >= 11 is 1.71. The smallest absolute Gasteiger partial charge is 0.253 e. The van der Waals surface area contributed by atoms with Gasteiger partial charge < -0.3 is 4.90 Å². The summed E-state index contributed by atoms with van der Waals surface area (Å²) in [4.78, 5) is 19.5. The van der Waals surface area contributed by atoms with Gasteiger partial charge in [0.2, 0.25) is 0 Å². The van der Waals surface area contributed by atoms with Gasteiger partial charge in [-0.15, -0.1) is 11.3 Å². The SMILES string of the molecule is CCc1csc([C@H]2CCCN(C(=O)c3cccc(CC#N)c3)C2)n1. The van der Waals surface area contributed by atoms with Gasteiger partial charge in [-0.2, -0.15) is 5.26 Å². The van der Waals surface area contributed by atoms with Crippen molar-refractivity contribution in [3.8, 4) is 6.07 Å². The number of nitrogens with zero attached hydrogens (tertiary/aromatic N) is 3. The highest BCUT2D eigenvalue weighted by Gasteiger charge is 2.27. The number of carbonyl (C=O) groups is 1. The van der Waals surface area contributed by atoms with Crippen molar-refractivity contribution < 1.29 is 4.79 Å². The van der Waals surface area contributed by atoms with E-state index >= 15 is 0 Å². The molecule has 1 fully saturated rings. The molecule has 1 amide bonds. The van der Waals surface area contributed by atoms with Crippen LogP contribution >= 0.6 is 11.3 Å². The first-order valence-corrected chi connectivity index (χ1v) is 9.28. The lowest BCUT2D eigenvalue weighted by Crippen LogP contribution is -2.39. The molecule has 1 saturated heterocycles. The van der Waals surface area contributed by atoms with Crippen molar-refractivity contribution in [1.82, 2.24) is 9.88 Å². The number of piperidine rings is 1. The first-order valence-electron chi connectivity index (χ1n) is 8.40. The van der Waals surface area contributed by atoms with E-state index in [4.69, 9.17) is 10.2 Å². The van der Waals surface area contributed by atoms with E-state index in [0.717, 1.165) is 48.6 Å². The van der Waals surface area contributed by atoms with Gasteiger partial charge in [0.25, 0.3) is 5.91 Å². The maximum absolute atomic E-state index is 12.8. The number of nitriles is 1. The molecule has 0 saturated carbocycles. The average molecular weight is 339 g/mol. The summed E-state index contributed by atoms with van der Waals surface area (Å²) in [5.41, 5.74) is 2.71. The highest BCUT2D eigenvalue weighted by Crippen LogP contribution is 2.30. The molecule has 1 atom stereocenters. The Balaban J connectivity index is 1.73. The van der Waals surface area contributed by atoms with Crippen molar-refractivity contribution in [1.29, 1.82) is 5.26 Å². The van der Waals surface area contributed by atoms with Gasteiger partial charge >= 0.3 is 0 Å². The third-order valence-electron chi connectivity index (χ3n) is 4.45. The molecule has 4 nitrogen and oxygen atoms in total. The lowest BCUT2D eigenvalue weighted by atomic mass is 9.97. The highest BCUT2D eigenvalue weighted by atomic mass is 32.1. The largest absolute Gasteiger partial charge is 0.338 e. The van der Waals surface area contributed by atoms with Crippen molar-refractivity contribution in [2.24, 2.45) is 0 Å². The van der Waals surface area contributed by atoms with Gasteiger partial charge in [-0.1, -0.05) is 19.1 Å². The molecule has 3 rings (SSSR count). The summed E-state index contributed by atoms with van der Waals surface area (Å²) < 4.78 is 0. The van der Waals surface area contributed by atoms with Crippen LogP contribution in [0.15, 0.2) is 29.6 Å². The number of amides is 1. The molecule has 24 heavy (non-hydrogen) atoms. The molecule has 0 N–H and O–H groups in total. The van der Waals surface area contributed by atoms with E-state index in [9.17, 15) is 4.79 Å². The second-order valence-corrected chi connectivity index (χ2v) is 7.05. The van der Waals surface area contributed by atoms with E-state index in [1.54, 1.807) is 11.3 Å². The minimum Gasteiger partial charge on any atom is -0.338 e. The van der Waals surface area contributed by atoms with Gasteiger partial charge in [0.1, 0.15) is 0 Å². The Morgan fingerprint density at radius 2 is 2.38 bits per heavy atom. The predicted octanol–water partition coefficient (Wildman–Crippen LogP) is 3.79. The van der Waals surface area contributed by atoms with E-state index in [1.807, 2.05) is 29.2 Å². The fourth-order valence-electron chi connectivity index (χ4n) is 3.12. The van der Waals surface area contributed by atoms with Crippen LogP contribution < -0.4 is 0 Å². The summed E-state index contributed by atoms with van der Waals surface area (Å²) in [6.45, 7) is 3.64. The lowest BCUT2D eigenvalue weighted by Gasteiger charge is -2.32. The maximum atomic E-state index is 12.8. The van der Waals surface area contributed by atoms with Crippen LogP contribution in [0.1, 0.15) is 52.3 Å². The molecular formula is C19H21N3OS. The maximum Gasteiger partial charge on any atom is 0.253 e. The molecular weight excluding hydrogens is 318 g/mol. The third-order valence-corrected chi connectivity index (χ3v) is 5.50. The summed E-state index contributed by atoms with van der Waals surface area (Å²) in [6.07, 6.45) is 3.39. The first kappa shape index (κ1) is 16.7. The second kappa shape index (κ2) is 7.59. The Morgan fingerprint density at radius 3 is 3.12 bits per heavy atom. The van der Waals surface area contributed by atoms with Gasteiger partial charge in [-0.05, 0) is 37.0 Å². The van der Waals surface area contributed by atoms with Gasteiger partial charge in [0.05, 0.1) is 23.2 Å².